The van der Waals surface area contributed by atoms with E-state index >= 15 is 0 Å². The van der Waals surface area contributed by atoms with Crippen LogP contribution in [0.25, 0.3) is 0 Å². The molecule has 0 fully saturated rings. The fourth-order valence-electron chi connectivity index (χ4n) is 2.86. The number of rotatable bonds is 2. The summed E-state index contributed by atoms with van der Waals surface area (Å²) in [6.07, 6.45) is 6.91. The van der Waals surface area contributed by atoms with Gasteiger partial charge >= 0.3 is 124 Å². The van der Waals surface area contributed by atoms with E-state index in [2.05, 4.69) is 90.7 Å². The van der Waals surface area contributed by atoms with Crippen molar-refractivity contribution in [1.29, 1.82) is 0 Å². The van der Waals surface area contributed by atoms with Crippen LogP contribution in [0.3, 0.4) is 0 Å². The molecule has 1 aliphatic carbocycles. The third-order valence-electron chi connectivity index (χ3n) is 4.24. The molecule has 1 aromatic rings. The first-order valence-electron chi connectivity index (χ1n) is 6.48. The Balaban J connectivity index is 0. The predicted molar refractivity (Wildman–Crippen MR) is 78.6 cm³/mol. The van der Waals surface area contributed by atoms with Crippen molar-refractivity contribution in [2.75, 3.05) is 0 Å². The third-order valence-corrected chi connectivity index (χ3v) is 12.3. The summed E-state index contributed by atoms with van der Waals surface area (Å²) >= 11 is 2.41. The fourth-order valence-corrected chi connectivity index (χ4v) is 7.04. The van der Waals surface area contributed by atoms with Gasteiger partial charge in [0.25, 0.3) is 0 Å². The van der Waals surface area contributed by atoms with Crippen molar-refractivity contribution in [3.63, 3.8) is 0 Å². The van der Waals surface area contributed by atoms with E-state index < -0.39 is 8.07 Å². The van der Waals surface area contributed by atoms with E-state index in [1.54, 1.807) is 5.19 Å². The van der Waals surface area contributed by atoms with Crippen molar-refractivity contribution in [2.24, 2.45) is 0 Å². The molecule has 0 aromatic heterocycles. The van der Waals surface area contributed by atoms with Gasteiger partial charge in [0.05, 0.1) is 0 Å². The molecule has 0 N–H and O–H groups in total. The van der Waals surface area contributed by atoms with Crippen molar-refractivity contribution >= 4 is 13.3 Å². The zero-order valence-corrected chi connectivity index (χ0v) is 17.9. The number of hydrogen-bond acceptors (Lipinski definition) is 0. The summed E-state index contributed by atoms with van der Waals surface area (Å²) < 4.78 is 0.257. The third kappa shape index (κ3) is 4.28. The molecule has 0 heterocycles. The van der Waals surface area contributed by atoms with E-state index in [9.17, 15) is 0 Å². The average molecular weight is 396 g/mol. The zero-order valence-electron chi connectivity index (χ0n) is 13.1. The molecule has 0 nitrogen and oxygen atoms in total. The van der Waals surface area contributed by atoms with Crippen LogP contribution >= 0.6 is 0 Å². The molecule has 5 heteroatoms. The maximum Gasteiger partial charge on any atom is -1.00 e. The summed E-state index contributed by atoms with van der Waals surface area (Å²) in [5, 5.41) is 1.57. The molecule has 1 atom stereocenters. The molecule has 0 amide bonds. The molecule has 0 radical (unpaired) electrons. The Morgan fingerprint density at radius 3 is 1.76 bits per heavy atom. The minimum Gasteiger partial charge on any atom is -1.00 e. The second-order valence-electron chi connectivity index (χ2n) is 6.02. The van der Waals surface area contributed by atoms with Crippen LogP contribution in [0.2, 0.25) is 16.4 Å². The number of allylic oxidation sites excluding steroid dienone is 4. The molecule has 114 valence electrons. The van der Waals surface area contributed by atoms with E-state index in [1.807, 2.05) is 0 Å². The second-order valence-corrected chi connectivity index (χ2v) is 12.6. The Morgan fingerprint density at radius 1 is 0.905 bits per heavy atom. The summed E-state index contributed by atoms with van der Waals surface area (Å²) in [5.74, 6) is 0. The fraction of sp³-hybridized carbons (Fsp3) is 0.375. The molecular formula is C16H21Cl3SiTi. The molecule has 1 aromatic carbocycles. The van der Waals surface area contributed by atoms with Gasteiger partial charge in [0.1, 0.15) is 0 Å². The molecule has 1 unspecified atom stereocenters. The monoisotopic (exact) mass is 394 g/mol. The first-order chi connectivity index (χ1) is 8.27. The number of aryl methyl sites for hydroxylation is 2. The molecule has 0 spiro atoms. The van der Waals surface area contributed by atoms with Gasteiger partial charge in [0.2, 0.25) is 0 Å². The average Bonchev–Trinajstić information content (AvgIpc) is 2.59. The minimum absolute atomic E-state index is 0. The van der Waals surface area contributed by atoms with Crippen LogP contribution in [-0.4, -0.2) is 8.07 Å². The number of benzene rings is 1. The van der Waals surface area contributed by atoms with Crippen LogP contribution in [0.5, 0.6) is 0 Å². The Labute approximate surface area is 160 Å². The van der Waals surface area contributed by atoms with Crippen molar-refractivity contribution < 1.29 is 57.7 Å². The van der Waals surface area contributed by atoms with E-state index in [1.165, 1.54) is 16.7 Å². The van der Waals surface area contributed by atoms with Crippen molar-refractivity contribution in [1.82, 2.24) is 0 Å². The molecule has 0 aliphatic heterocycles. The van der Waals surface area contributed by atoms with Crippen molar-refractivity contribution in [2.45, 2.75) is 37.2 Å². The van der Waals surface area contributed by atoms with Crippen LogP contribution in [-0.2, 0) is 20.4 Å². The first kappa shape index (κ1) is 23.8. The van der Waals surface area contributed by atoms with Crippen molar-refractivity contribution in [3.8, 4) is 0 Å². The molecule has 1 aliphatic rings. The largest absolute Gasteiger partial charge is 1.00 e. The molecular weight excluding hydrogens is 374 g/mol. The maximum absolute atomic E-state index is 2.49. The first-order valence-corrected chi connectivity index (χ1v) is 10.3. The molecule has 0 saturated heterocycles. The standard InChI is InChI=1S/C16H21Si.3ClH.Ti/c1-12-9-13(2)11-15(10-12)17(4,5)16-8-6-7-14(16)3;;;;/h6-11H,1-5H3;3*1H;/q;;;;+3/p-3. The Morgan fingerprint density at radius 2 is 1.38 bits per heavy atom. The number of halogens is 3. The Kier molecular flexibility index (Phi) is 9.48. The SMILES string of the molecule is CC1=CC=C[C]1([Ti+3])[Si](C)(C)c1cc(C)cc(C)c1.[Cl-].[Cl-].[Cl-]. The van der Waals surface area contributed by atoms with Crippen LogP contribution in [0.1, 0.15) is 18.1 Å². The summed E-state index contributed by atoms with van der Waals surface area (Å²) in [6, 6.07) is 7.05. The van der Waals surface area contributed by atoms with E-state index in [0.717, 1.165) is 0 Å². The van der Waals surface area contributed by atoms with Gasteiger partial charge in [-0.3, -0.25) is 0 Å². The van der Waals surface area contributed by atoms with Gasteiger partial charge < -0.3 is 37.2 Å². The second kappa shape index (κ2) is 8.38. The summed E-state index contributed by atoms with van der Waals surface area (Å²) in [4.78, 5) is 0. The molecule has 0 bridgehead atoms. The van der Waals surface area contributed by atoms with Gasteiger partial charge in [0, 0.05) is 0 Å². The van der Waals surface area contributed by atoms with Crippen LogP contribution in [0.4, 0.5) is 0 Å². The zero-order chi connectivity index (χ0) is 13.6. The van der Waals surface area contributed by atoms with E-state index in [-0.39, 0.29) is 40.6 Å². The van der Waals surface area contributed by atoms with Gasteiger partial charge in [0.15, 0.2) is 0 Å². The van der Waals surface area contributed by atoms with Gasteiger partial charge in [-0.15, -0.1) is 0 Å². The van der Waals surface area contributed by atoms with Gasteiger partial charge in [-0.1, -0.05) is 0 Å². The molecule has 2 rings (SSSR count). The number of hydrogen-bond donors (Lipinski definition) is 0. The smallest absolute Gasteiger partial charge is 1.00 e. The molecule has 0 saturated carbocycles. The summed E-state index contributed by atoms with van der Waals surface area (Å²) in [6.45, 7) is 11.7. The minimum atomic E-state index is -1.55. The van der Waals surface area contributed by atoms with E-state index in [4.69, 9.17) is 0 Å². The van der Waals surface area contributed by atoms with Crippen LogP contribution in [0.15, 0.2) is 42.0 Å². The van der Waals surface area contributed by atoms with Crippen LogP contribution in [0, 0.1) is 13.8 Å². The Bertz CT molecular complexity index is 532. The van der Waals surface area contributed by atoms with Crippen molar-refractivity contribution in [3.05, 3.63) is 53.1 Å². The topological polar surface area (TPSA) is 0 Å². The predicted octanol–water partition coefficient (Wildman–Crippen LogP) is -5.01. The van der Waals surface area contributed by atoms with E-state index in [0.29, 0.717) is 0 Å². The quantitative estimate of drug-likeness (QED) is 0.440. The maximum atomic E-state index is 2.49. The van der Waals surface area contributed by atoms with Gasteiger partial charge in [-0.25, -0.2) is 0 Å². The summed E-state index contributed by atoms with van der Waals surface area (Å²) in [5.41, 5.74) is 4.29. The molecule has 21 heavy (non-hydrogen) atoms. The normalized spacial score (nSPS) is 20.0. The van der Waals surface area contributed by atoms with Gasteiger partial charge in [-0.2, -0.15) is 0 Å². The summed E-state index contributed by atoms with van der Waals surface area (Å²) in [7, 11) is -1.55. The van der Waals surface area contributed by atoms with Gasteiger partial charge in [-0.05, 0) is 0 Å². The Hall–Kier alpha value is 0.501. The van der Waals surface area contributed by atoms with Crippen LogP contribution < -0.4 is 42.4 Å².